The molecule has 0 spiro atoms. The summed E-state index contributed by atoms with van der Waals surface area (Å²) in [6.45, 7) is 1.77. The molecular weight excluding hydrogens is 450 g/mol. The predicted molar refractivity (Wildman–Crippen MR) is 120 cm³/mol. The van der Waals surface area contributed by atoms with Crippen molar-refractivity contribution in [2.75, 3.05) is 39.4 Å². The van der Waals surface area contributed by atoms with Crippen molar-refractivity contribution in [3.63, 3.8) is 0 Å². The largest absolute Gasteiger partial charge is 0.490 e. The molecule has 33 heavy (non-hydrogen) atoms. The third-order valence-electron chi connectivity index (χ3n) is 5.41. The topological polar surface area (TPSA) is 119 Å². The van der Waals surface area contributed by atoms with Gasteiger partial charge in [-0.25, -0.2) is 8.42 Å². The first-order valence-electron chi connectivity index (χ1n) is 10.5. The minimum absolute atomic E-state index is 0.0572. The molecule has 1 fully saturated rings. The molecule has 2 aromatic rings. The van der Waals surface area contributed by atoms with Crippen molar-refractivity contribution in [2.24, 2.45) is 0 Å². The van der Waals surface area contributed by atoms with E-state index in [1.807, 2.05) is 0 Å². The summed E-state index contributed by atoms with van der Waals surface area (Å²) in [7, 11) is -3.75. The Balaban J connectivity index is 1.39. The maximum Gasteiger partial charge on any atom is 0.270 e. The van der Waals surface area contributed by atoms with Gasteiger partial charge in [0, 0.05) is 56.9 Å². The Morgan fingerprint density at radius 3 is 2.45 bits per heavy atom. The van der Waals surface area contributed by atoms with Gasteiger partial charge in [-0.3, -0.25) is 14.9 Å². The minimum atomic E-state index is -3.75. The summed E-state index contributed by atoms with van der Waals surface area (Å²) in [5, 5.41) is 10.9. The predicted octanol–water partition coefficient (Wildman–Crippen LogP) is 2.30. The van der Waals surface area contributed by atoms with Gasteiger partial charge in [0.05, 0.1) is 23.0 Å². The average molecular weight is 474 g/mol. The van der Waals surface area contributed by atoms with Crippen LogP contribution in [0, 0.1) is 10.1 Å². The van der Waals surface area contributed by atoms with E-state index >= 15 is 0 Å². The molecule has 0 atom stereocenters. The van der Waals surface area contributed by atoms with E-state index in [0.29, 0.717) is 30.3 Å². The Kier molecular flexibility index (Phi) is 6.61. The van der Waals surface area contributed by atoms with Crippen LogP contribution in [0.3, 0.4) is 0 Å². The van der Waals surface area contributed by atoms with E-state index in [0.717, 1.165) is 6.42 Å². The van der Waals surface area contributed by atoms with Gasteiger partial charge in [-0.15, -0.1) is 0 Å². The number of hydrogen-bond donors (Lipinski definition) is 0. The number of piperazine rings is 1. The molecule has 4 rings (SSSR count). The van der Waals surface area contributed by atoms with Gasteiger partial charge in [0.25, 0.3) is 5.69 Å². The zero-order valence-corrected chi connectivity index (χ0v) is 18.6. The number of carbonyl (C=O) groups excluding carboxylic acids is 1. The monoisotopic (exact) mass is 473 g/mol. The van der Waals surface area contributed by atoms with Crippen LogP contribution in [0.15, 0.2) is 53.4 Å². The van der Waals surface area contributed by atoms with E-state index < -0.39 is 14.9 Å². The number of nitro benzene ring substituents is 1. The average Bonchev–Trinajstić information content (AvgIpc) is 3.07. The van der Waals surface area contributed by atoms with Gasteiger partial charge < -0.3 is 14.4 Å². The Hall–Kier alpha value is -3.44. The van der Waals surface area contributed by atoms with E-state index in [1.165, 1.54) is 40.7 Å². The van der Waals surface area contributed by atoms with Crippen LogP contribution < -0.4 is 9.47 Å². The quantitative estimate of drug-likeness (QED) is 0.371. The Morgan fingerprint density at radius 1 is 1.00 bits per heavy atom. The molecule has 0 N–H and O–H groups in total. The second-order valence-corrected chi connectivity index (χ2v) is 9.51. The first-order chi connectivity index (χ1) is 15.8. The summed E-state index contributed by atoms with van der Waals surface area (Å²) in [6.07, 6.45) is 3.57. The standard InChI is InChI=1S/C22H23N3O7S/c26-22(8-5-17-3-1-4-18(15-17)25(27)28)23-9-11-24(12-10-23)33(29,30)19-6-7-20-21(16-19)32-14-2-13-31-20/h1,3-8,15-16H,2,9-14H2. The molecule has 10 nitrogen and oxygen atoms in total. The van der Waals surface area contributed by atoms with Crippen molar-refractivity contribution < 1.29 is 27.6 Å². The van der Waals surface area contributed by atoms with Crippen molar-refractivity contribution in [1.29, 1.82) is 0 Å². The van der Waals surface area contributed by atoms with Crippen LogP contribution >= 0.6 is 0 Å². The maximum atomic E-state index is 13.1. The zero-order chi connectivity index (χ0) is 23.4. The number of rotatable bonds is 5. The molecule has 1 amide bonds. The van der Waals surface area contributed by atoms with Gasteiger partial charge in [0.2, 0.25) is 15.9 Å². The number of fused-ring (bicyclic) bond motifs is 1. The summed E-state index contributed by atoms with van der Waals surface area (Å²) >= 11 is 0. The maximum absolute atomic E-state index is 13.1. The summed E-state index contributed by atoms with van der Waals surface area (Å²) in [6, 6.07) is 10.6. The molecule has 2 aliphatic rings. The van der Waals surface area contributed by atoms with Gasteiger partial charge in [-0.1, -0.05) is 12.1 Å². The lowest BCUT2D eigenvalue weighted by atomic mass is 10.2. The van der Waals surface area contributed by atoms with E-state index in [2.05, 4.69) is 0 Å². The minimum Gasteiger partial charge on any atom is -0.490 e. The Bertz CT molecular complexity index is 1190. The lowest BCUT2D eigenvalue weighted by Gasteiger charge is -2.33. The van der Waals surface area contributed by atoms with Crippen LogP contribution in [0.25, 0.3) is 6.08 Å². The fraction of sp³-hybridized carbons (Fsp3) is 0.318. The van der Waals surface area contributed by atoms with Crippen LogP contribution in [0.2, 0.25) is 0 Å². The highest BCUT2D eigenvalue weighted by atomic mass is 32.2. The van der Waals surface area contributed by atoms with Crippen LogP contribution in [0.5, 0.6) is 11.5 Å². The summed E-state index contributed by atoms with van der Waals surface area (Å²) < 4.78 is 38.7. The van der Waals surface area contributed by atoms with Crippen molar-refractivity contribution in [3.05, 3.63) is 64.2 Å². The number of amides is 1. The molecular formula is C22H23N3O7S. The lowest BCUT2D eigenvalue weighted by Crippen LogP contribution is -2.50. The second kappa shape index (κ2) is 9.59. The van der Waals surface area contributed by atoms with Gasteiger partial charge in [0.1, 0.15) is 0 Å². The molecule has 11 heteroatoms. The zero-order valence-electron chi connectivity index (χ0n) is 17.8. The molecule has 174 valence electrons. The molecule has 0 unspecified atom stereocenters. The van der Waals surface area contributed by atoms with Gasteiger partial charge in [0.15, 0.2) is 11.5 Å². The van der Waals surface area contributed by atoms with E-state index in [4.69, 9.17) is 9.47 Å². The first kappa shape index (κ1) is 22.7. The highest BCUT2D eigenvalue weighted by Crippen LogP contribution is 2.33. The molecule has 0 aliphatic carbocycles. The van der Waals surface area contributed by atoms with Gasteiger partial charge >= 0.3 is 0 Å². The van der Waals surface area contributed by atoms with Crippen LogP contribution in [0.4, 0.5) is 5.69 Å². The van der Waals surface area contributed by atoms with Crippen molar-refractivity contribution in [3.8, 4) is 11.5 Å². The number of ether oxygens (including phenoxy) is 2. The highest BCUT2D eigenvalue weighted by Gasteiger charge is 2.30. The summed E-state index contributed by atoms with van der Waals surface area (Å²) in [4.78, 5) is 24.6. The number of carbonyl (C=O) groups is 1. The van der Waals surface area contributed by atoms with Crippen molar-refractivity contribution in [1.82, 2.24) is 9.21 Å². The summed E-state index contributed by atoms with van der Waals surface area (Å²) in [5.41, 5.74) is 0.478. The Morgan fingerprint density at radius 2 is 1.73 bits per heavy atom. The molecule has 2 aliphatic heterocycles. The molecule has 2 heterocycles. The number of nitro groups is 1. The number of benzene rings is 2. The number of hydrogen-bond acceptors (Lipinski definition) is 7. The SMILES string of the molecule is O=C(C=Cc1cccc([N+](=O)[O-])c1)N1CCN(S(=O)(=O)c2ccc3c(c2)OCCCO3)CC1. The molecule has 0 aromatic heterocycles. The van der Waals surface area contributed by atoms with Crippen LogP contribution in [0.1, 0.15) is 12.0 Å². The lowest BCUT2D eigenvalue weighted by molar-refractivity contribution is -0.384. The van der Waals surface area contributed by atoms with Crippen molar-refractivity contribution in [2.45, 2.75) is 11.3 Å². The molecule has 0 bridgehead atoms. The molecule has 0 radical (unpaired) electrons. The molecule has 0 saturated carbocycles. The van der Waals surface area contributed by atoms with Crippen LogP contribution in [-0.2, 0) is 14.8 Å². The van der Waals surface area contributed by atoms with Crippen molar-refractivity contribution >= 4 is 27.7 Å². The fourth-order valence-electron chi connectivity index (χ4n) is 3.62. The fourth-order valence-corrected chi connectivity index (χ4v) is 5.06. The highest BCUT2D eigenvalue weighted by molar-refractivity contribution is 7.89. The molecule has 1 saturated heterocycles. The second-order valence-electron chi connectivity index (χ2n) is 7.57. The Labute approximate surface area is 191 Å². The third-order valence-corrected chi connectivity index (χ3v) is 7.30. The summed E-state index contributed by atoms with van der Waals surface area (Å²) in [5.74, 6) is 0.653. The first-order valence-corrected chi connectivity index (χ1v) is 11.9. The van der Waals surface area contributed by atoms with E-state index in [-0.39, 0.29) is 42.7 Å². The smallest absolute Gasteiger partial charge is 0.270 e. The number of nitrogens with zero attached hydrogens (tertiary/aromatic N) is 3. The number of sulfonamides is 1. The number of non-ortho nitro benzene ring substituents is 1. The van der Waals surface area contributed by atoms with Gasteiger partial charge in [-0.2, -0.15) is 4.31 Å². The van der Waals surface area contributed by atoms with Gasteiger partial charge in [-0.05, 0) is 23.8 Å². The van der Waals surface area contributed by atoms with E-state index in [9.17, 15) is 23.3 Å². The van der Waals surface area contributed by atoms with Crippen LogP contribution in [-0.4, -0.2) is 67.8 Å². The van der Waals surface area contributed by atoms with E-state index in [1.54, 1.807) is 23.1 Å². The normalized spacial score (nSPS) is 17.0. The third kappa shape index (κ3) is 5.15. The molecule has 2 aromatic carbocycles.